The average Bonchev–Trinajstić information content (AvgIpc) is 3.89. The van der Waals surface area contributed by atoms with E-state index in [0.29, 0.717) is 0 Å². The van der Waals surface area contributed by atoms with Crippen molar-refractivity contribution in [2.45, 2.75) is 0 Å². The molecule has 59 heavy (non-hydrogen) atoms. The van der Waals surface area contributed by atoms with E-state index in [9.17, 15) is 0 Å². The molecular weight excluding hydrogens is 735 g/mol. The Kier molecular flexibility index (Phi) is 7.75. The molecule has 2 heterocycles. The van der Waals surface area contributed by atoms with Crippen LogP contribution in [0.1, 0.15) is 0 Å². The SMILES string of the molecule is c1ccc(-c2ccc(N(c3ccc(-c4ccc5ccc6ccccc6c5c4)cc3)c3ccc(-c4cccc5c4sc4c5ccc5oc6ccccc6c54)cc3)cc2)cc1. The number of nitrogens with zero attached hydrogens (tertiary/aromatic N) is 1. The van der Waals surface area contributed by atoms with Crippen LogP contribution in [0.25, 0.3) is 97.0 Å². The molecule has 12 rings (SSSR count). The van der Waals surface area contributed by atoms with Crippen LogP contribution in [0.4, 0.5) is 17.1 Å². The van der Waals surface area contributed by atoms with Crippen LogP contribution >= 0.6 is 11.3 Å². The van der Waals surface area contributed by atoms with Crippen molar-refractivity contribution in [2.75, 3.05) is 4.90 Å². The number of para-hydroxylation sites is 1. The third kappa shape index (κ3) is 5.62. The summed E-state index contributed by atoms with van der Waals surface area (Å²) in [5.41, 5.74) is 12.4. The Bertz CT molecular complexity index is 3530. The van der Waals surface area contributed by atoms with Gasteiger partial charge in [-0.15, -0.1) is 11.3 Å². The summed E-state index contributed by atoms with van der Waals surface area (Å²) >= 11 is 1.87. The van der Waals surface area contributed by atoms with Crippen molar-refractivity contribution >= 4 is 92.1 Å². The minimum atomic E-state index is 0.930. The lowest BCUT2D eigenvalue weighted by molar-refractivity contribution is 0.669. The van der Waals surface area contributed by atoms with Gasteiger partial charge in [0.25, 0.3) is 0 Å². The van der Waals surface area contributed by atoms with Crippen molar-refractivity contribution in [3.8, 4) is 33.4 Å². The highest BCUT2D eigenvalue weighted by atomic mass is 32.1. The molecule has 0 amide bonds. The van der Waals surface area contributed by atoms with E-state index >= 15 is 0 Å². The molecule has 0 saturated carbocycles. The highest BCUT2D eigenvalue weighted by Crippen LogP contribution is 2.46. The molecule has 0 unspecified atom stereocenters. The van der Waals surface area contributed by atoms with E-state index in [0.717, 1.165) is 28.2 Å². The predicted octanol–water partition coefficient (Wildman–Crippen LogP) is 16.7. The number of rotatable bonds is 6. The minimum Gasteiger partial charge on any atom is -0.456 e. The molecular formula is C56H35NOS. The molecule has 0 fully saturated rings. The molecule has 276 valence electrons. The fourth-order valence-corrected chi connectivity index (χ4v) is 10.3. The molecule has 0 atom stereocenters. The third-order valence-electron chi connectivity index (χ3n) is 11.9. The molecule has 10 aromatic carbocycles. The van der Waals surface area contributed by atoms with Gasteiger partial charge in [-0.05, 0) is 116 Å². The van der Waals surface area contributed by atoms with Crippen LogP contribution in [0.5, 0.6) is 0 Å². The molecule has 0 bridgehead atoms. The van der Waals surface area contributed by atoms with E-state index in [-0.39, 0.29) is 0 Å². The van der Waals surface area contributed by atoms with Gasteiger partial charge in [0.1, 0.15) is 11.2 Å². The van der Waals surface area contributed by atoms with Gasteiger partial charge in [0.2, 0.25) is 0 Å². The molecule has 0 aliphatic rings. The summed E-state index contributed by atoms with van der Waals surface area (Å²) in [6.45, 7) is 0. The van der Waals surface area contributed by atoms with Gasteiger partial charge in [0, 0.05) is 48.0 Å². The van der Waals surface area contributed by atoms with E-state index in [1.54, 1.807) is 0 Å². The lowest BCUT2D eigenvalue weighted by Gasteiger charge is -2.26. The third-order valence-corrected chi connectivity index (χ3v) is 13.2. The quantitative estimate of drug-likeness (QED) is 0.157. The second-order valence-electron chi connectivity index (χ2n) is 15.3. The van der Waals surface area contributed by atoms with Crippen molar-refractivity contribution in [2.24, 2.45) is 0 Å². The topological polar surface area (TPSA) is 16.4 Å². The molecule has 0 spiro atoms. The average molecular weight is 770 g/mol. The fraction of sp³-hybridized carbons (Fsp3) is 0. The first kappa shape index (κ1) is 33.7. The lowest BCUT2D eigenvalue weighted by atomic mass is 9.97. The van der Waals surface area contributed by atoms with E-state index < -0.39 is 0 Å². The van der Waals surface area contributed by atoms with Crippen LogP contribution in [-0.2, 0) is 0 Å². The number of benzene rings is 10. The molecule has 0 N–H and O–H groups in total. The van der Waals surface area contributed by atoms with Crippen molar-refractivity contribution < 1.29 is 4.42 Å². The van der Waals surface area contributed by atoms with Crippen LogP contribution in [0, 0.1) is 0 Å². The van der Waals surface area contributed by atoms with E-state index in [1.807, 2.05) is 17.4 Å². The van der Waals surface area contributed by atoms with Crippen LogP contribution < -0.4 is 4.90 Å². The zero-order valence-corrected chi connectivity index (χ0v) is 32.8. The standard InChI is InChI=1S/C56H35NOS/c1-2-9-36(10-3-1)37-21-27-43(28-22-37)57(44-29-23-38(24-30-44)42-20-19-41-18-17-39-11-4-5-12-46(39)51(41)35-42)45-31-25-40(26-32-45)47-14-8-15-48-49-33-34-53-54(56(49)59-55(47)48)50-13-6-7-16-52(50)58-53/h1-35H. The fourth-order valence-electron chi connectivity index (χ4n) is 8.95. The summed E-state index contributed by atoms with van der Waals surface area (Å²) in [6, 6.07) is 76.9. The summed E-state index contributed by atoms with van der Waals surface area (Å²) in [5.74, 6) is 0. The van der Waals surface area contributed by atoms with Gasteiger partial charge in [0.15, 0.2) is 0 Å². The zero-order valence-electron chi connectivity index (χ0n) is 32.0. The summed E-state index contributed by atoms with van der Waals surface area (Å²) < 4.78 is 8.83. The maximum absolute atomic E-state index is 6.27. The van der Waals surface area contributed by atoms with Gasteiger partial charge < -0.3 is 9.32 Å². The molecule has 2 aromatic heterocycles. The van der Waals surface area contributed by atoms with Crippen molar-refractivity contribution in [1.82, 2.24) is 0 Å². The molecule has 0 aliphatic heterocycles. The number of hydrogen-bond acceptors (Lipinski definition) is 3. The van der Waals surface area contributed by atoms with Gasteiger partial charge in [-0.25, -0.2) is 0 Å². The highest BCUT2D eigenvalue weighted by molar-refractivity contribution is 7.27. The van der Waals surface area contributed by atoms with Gasteiger partial charge in [0.05, 0.1) is 0 Å². The number of furan rings is 1. The van der Waals surface area contributed by atoms with Gasteiger partial charge in [-0.3, -0.25) is 0 Å². The molecule has 3 heteroatoms. The number of thiophene rings is 1. The molecule has 2 nitrogen and oxygen atoms in total. The van der Waals surface area contributed by atoms with Gasteiger partial charge in [-0.1, -0.05) is 152 Å². The first-order chi connectivity index (χ1) is 29.2. The van der Waals surface area contributed by atoms with E-state index in [2.05, 4.69) is 211 Å². The van der Waals surface area contributed by atoms with Crippen LogP contribution in [0.2, 0.25) is 0 Å². The Labute approximate surface area is 345 Å². The Hall–Kier alpha value is -7.46. The molecule has 0 radical (unpaired) electrons. The molecule has 0 saturated heterocycles. The summed E-state index contributed by atoms with van der Waals surface area (Å²) in [6.07, 6.45) is 0. The number of hydrogen-bond donors (Lipinski definition) is 0. The van der Waals surface area contributed by atoms with Gasteiger partial charge >= 0.3 is 0 Å². The van der Waals surface area contributed by atoms with E-state index in [1.165, 1.54) is 85.9 Å². The van der Waals surface area contributed by atoms with Crippen molar-refractivity contribution in [3.63, 3.8) is 0 Å². The first-order valence-corrected chi connectivity index (χ1v) is 20.9. The van der Waals surface area contributed by atoms with Crippen molar-refractivity contribution in [3.05, 3.63) is 212 Å². The van der Waals surface area contributed by atoms with Gasteiger partial charge in [-0.2, -0.15) is 0 Å². The minimum absolute atomic E-state index is 0.930. The monoisotopic (exact) mass is 769 g/mol. The Balaban J connectivity index is 0.944. The first-order valence-electron chi connectivity index (χ1n) is 20.1. The summed E-state index contributed by atoms with van der Waals surface area (Å²) in [4.78, 5) is 2.36. The maximum Gasteiger partial charge on any atom is 0.136 e. The van der Waals surface area contributed by atoms with Crippen LogP contribution in [0.3, 0.4) is 0 Å². The Morgan fingerprint density at radius 3 is 1.61 bits per heavy atom. The van der Waals surface area contributed by atoms with E-state index in [4.69, 9.17) is 4.42 Å². The number of fused-ring (bicyclic) bond motifs is 10. The summed E-state index contributed by atoms with van der Waals surface area (Å²) in [7, 11) is 0. The Morgan fingerprint density at radius 1 is 0.322 bits per heavy atom. The summed E-state index contributed by atoms with van der Waals surface area (Å²) in [5, 5.41) is 9.99. The molecule has 0 aliphatic carbocycles. The van der Waals surface area contributed by atoms with Crippen molar-refractivity contribution in [1.29, 1.82) is 0 Å². The lowest BCUT2D eigenvalue weighted by Crippen LogP contribution is -2.09. The van der Waals surface area contributed by atoms with Crippen LogP contribution in [-0.4, -0.2) is 0 Å². The van der Waals surface area contributed by atoms with Crippen LogP contribution in [0.15, 0.2) is 217 Å². The maximum atomic E-state index is 6.27. The smallest absolute Gasteiger partial charge is 0.136 e. The second-order valence-corrected chi connectivity index (χ2v) is 16.3. The second kappa shape index (κ2) is 13.6. The normalized spacial score (nSPS) is 11.7. The zero-order chi connectivity index (χ0) is 38.9. The molecule has 12 aromatic rings. The largest absolute Gasteiger partial charge is 0.456 e. The highest BCUT2D eigenvalue weighted by Gasteiger charge is 2.18. The predicted molar refractivity (Wildman–Crippen MR) is 253 cm³/mol. The Morgan fingerprint density at radius 2 is 0.864 bits per heavy atom. The number of anilines is 3.